The average molecular weight is 351 g/mol. The van der Waals surface area contributed by atoms with Gasteiger partial charge in [-0.05, 0) is 58.5 Å². The summed E-state index contributed by atoms with van der Waals surface area (Å²) in [5.74, 6) is -0.223. The van der Waals surface area contributed by atoms with Crippen molar-refractivity contribution in [1.82, 2.24) is 10.4 Å². The number of amides is 1. The van der Waals surface area contributed by atoms with Gasteiger partial charge in [-0.2, -0.15) is 5.10 Å². The number of hydrogen-bond acceptors (Lipinski definition) is 3. The maximum Gasteiger partial charge on any atom is 0.271 e. The minimum atomic E-state index is -0.223. The second-order valence-corrected chi connectivity index (χ2v) is 4.74. The topological polar surface area (TPSA) is 54.4 Å². The lowest BCUT2D eigenvalue weighted by Crippen LogP contribution is -2.17. The first-order chi connectivity index (χ1) is 8.75. The molecule has 0 aliphatic rings. The Labute approximate surface area is 118 Å². The molecule has 0 fully saturated rings. The van der Waals surface area contributed by atoms with Crippen LogP contribution < -0.4 is 5.43 Å². The van der Waals surface area contributed by atoms with E-state index < -0.39 is 0 Å². The summed E-state index contributed by atoms with van der Waals surface area (Å²) < 4.78 is 1.01. The van der Waals surface area contributed by atoms with E-state index in [4.69, 9.17) is 0 Å². The van der Waals surface area contributed by atoms with Crippen LogP contribution in [0.25, 0.3) is 0 Å². The monoisotopic (exact) mass is 351 g/mol. The molecule has 1 amide bonds. The summed E-state index contributed by atoms with van der Waals surface area (Å²) in [5, 5.41) is 3.89. The summed E-state index contributed by atoms with van der Waals surface area (Å²) in [6, 6.07) is 10.9. The van der Waals surface area contributed by atoms with Crippen LogP contribution in [0, 0.1) is 3.57 Å². The highest BCUT2D eigenvalue weighted by molar-refractivity contribution is 14.1. The molecule has 0 aliphatic carbocycles. The molecule has 2 rings (SSSR count). The van der Waals surface area contributed by atoms with Crippen molar-refractivity contribution in [3.63, 3.8) is 0 Å². The molecule has 5 heteroatoms. The molecule has 0 unspecified atom stereocenters. The second kappa shape index (κ2) is 6.25. The molecular formula is C13H10IN3O. The number of benzene rings is 1. The Hall–Kier alpha value is -1.76. The van der Waals surface area contributed by atoms with Crippen LogP contribution in [-0.2, 0) is 0 Å². The van der Waals surface area contributed by atoms with Crippen molar-refractivity contribution < 1.29 is 4.79 Å². The quantitative estimate of drug-likeness (QED) is 0.525. The van der Waals surface area contributed by atoms with E-state index >= 15 is 0 Å². The summed E-state index contributed by atoms with van der Waals surface area (Å²) in [6.07, 6.45) is 4.92. The number of hydrazone groups is 1. The van der Waals surface area contributed by atoms with Gasteiger partial charge >= 0.3 is 0 Å². The van der Waals surface area contributed by atoms with Crippen molar-refractivity contribution >= 4 is 34.7 Å². The van der Waals surface area contributed by atoms with Crippen molar-refractivity contribution in [2.45, 2.75) is 0 Å². The fourth-order valence-electron chi connectivity index (χ4n) is 1.31. The third-order valence-corrected chi connectivity index (χ3v) is 2.84. The summed E-state index contributed by atoms with van der Waals surface area (Å²) in [6.45, 7) is 0. The zero-order valence-corrected chi connectivity index (χ0v) is 11.5. The van der Waals surface area contributed by atoms with E-state index in [1.165, 1.54) is 0 Å². The standard InChI is InChI=1S/C13H10IN3O/c14-12-3-1-2-11(8-12)13(18)17-16-9-10-4-6-15-7-5-10/h1-9H,(H,17,18)/b16-9+. The first-order valence-electron chi connectivity index (χ1n) is 5.25. The number of nitrogens with one attached hydrogen (secondary N) is 1. The van der Waals surface area contributed by atoms with Gasteiger partial charge in [-0.1, -0.05) is 6.07 Å². The molecule has 4 nitrogen and oxygen atoms in total. The molecule has 1 N–H and O–H groups in total. The van der Waals surface area contributed by atoms with Crippen LogP contribution in [0.3, 0.4) is 0 Å². The first kappa shape index (κ1) is 12.7. The van der Waals surface area contributed by atoms with E-state index in [-0.39, 0.29) is 5.91 Å². The highest BCUT2D eigenvalue weighted by Crippen LogP contribution is 2.07. The SMILES string of the molecule is O=C(N/N=C/c1ccncc1)c1cccc(I)c1. The summed E-state index contributed by atoms with van der Waals surface area (Å²) in [7, 11) is 0. The summed E-state index contributed by atoms with van der Waals surface area (Å²) in [4.78, 5) is 15.6. The van der Waals surface area contributed by atoms with Crippen molar-refractivity contribution in [3.8, 4) is 0 Å². The van der Waals surface area contributed by atoms with E-state index in [0.29, 0.717) is 5.56 Å². The molecule has 18 heavy (non-hydrogen) atoms. The second-order valence-electron chi connectivity index (χ2n) is 3.49. The Bertz CT molecular complexity index is 569. The van der Waals surface area contributed by atoms with E-state index in [0.717, 1.165) is 9.13 Å². The van der Waals surface area contributed by atoms with Crippen LogP contribution in [0.1, 0.15) is 15.9 Å². The average Bonchev–Trinajstić information content (AvgIpc) is 2.40. The number of carbonyl (C=O) groups is 1. The number of pyridine rings is 1. The Morgan fingerprint density at radius 2 is 2.06 bits per heavy atom. The van der Waals surface area contributed by atoms with Gasteiger partial charge in [-0.3, -0.25) is 9.78 Å². The van der Waals surface area contributed by atoms with Crippen molar-refractivity contribution in [1.29, 1.82) is 0 Å². The van der Waals surface area contributed by atoms with Crippen LogP contribution in [0.5, 0.6) is 0 Å². The number of nitrogens with zero attached hydrogens (tertiary/aromatic N) is 2. The van der Waals surface area contributed by atoms with Crippen LogP contribution in [0.4, 0.5) is 0 Å². The van der Waals surface area contributed by atoms with Crippen molar-refractivity contribution in [2.24, 2.45) is 5.10 Å². The number of hydrogen-bond donors (Lipinski definition) is 1. The lowest BCUT2D eigenvalue weighted by molar-refractivity contribution is 0.0955. The van der Waals surface area contributed by atoms with Gasteiger partial charge in [0, 0.05) is 21.5 Å². The molecule has 0 aliphatic heterocycles. The minimum Gasteiger partial charge on any atom is -0.267 e. The predicted octanol–water partition coefficient (Wildman–Crippen LogP) is 2.45. The molecule has 0 saturated heterocycles. The van der Waals surface area contributed by atoms with Gasteiger partial charge in [-0.25, -0.2) is 5.43 Å². The molecule has 1 heterocycles. The molecule has 1 aromatic carbocycles. The van der Waals surface area contributed by atoms with Crippen LogP contribution >= 0.6 is 22.6 Å². The highest BCUT2D eigenvalue weighted by atomic mass is 127. The Morgan fingerprint density at radius 3 is 2.78 bits per heavy atom. The summed E-state index contributed by atoms with van der Waals surface area (Å²) >= 11 is 2.16. The van der Waals surface area contributed by atoms with Crippen molar-refractivity contribution in [3.05, 3.63) is 63.5 Å². The van der Waals surface area contributed by atoms with Crippen LogP contribution in [-0.4, -0.2) is 17.1 Å². The van der Waals surface area contributed by atoms with Gasteiger partial charge in [-0.15, -0.1) is 0 Å². The molecule has 0 saturated carbocycles. The lowest BCUT2D eigenvalue weighted by atomic mass is 10.2. The number of halogens is 1. The molecule has 1 aromatic heterocycles. The fourth-order valence-corrected chi connectivity index (χ4v) is 1.85. The molecular weight excluding hydrogens is 341 g/mol. The van der Waals surface area contributed by atoms with E-state index in [2.05, 4.69) is 38.1 Å². The smallest absolute Gasteiger partial charge is 0.267 e. The van der Waals surface area contributed by atoms with Crippen molar-refractivity contribution in [2.75, 3.05) is 0 Å². The lowest BCUT2D eigenvalue weighted by Gasteiger charge is -2.00. The zero-order valence-electron chi connectivity index (χ0n) is 9.38. The van der Waals surface area contributed by atoms with E-state index in [9.17, 15) is 4.79 Å². The predicted molar refractivity (Wildman–Crippen MR) is 78.5 cm³/mol. The first-order valence-corrected chi connectivity index (χ1v) is 6.32. The number of rotatable bonds is 3. The maximum absolute atomic E-state index is 11.7. The normalized spacial score (nSPS) is 10.5. The third-order valence-electron chi connectivity index (χ3n) is 2.17. The molecule has 0 atom stereocenters. The Balaban J connectivity index is 1.99. The molecule has 0 radical (unpaired) electrons. The third kappa shape index (κ3) is 3.63. The summed E-state index contributed by atoms with van der Waals surface area (Å²) in [5.41, 5.74) is 3.96. The molecule has 0 bridgehead atoms. The van der Waals surface area contributed by atoms with Gasteiger partial charge < -0.3 is 0 Å². The zero-order chi connectivity index (χ0) is 12.8. The Morgan fingerprint density at radius 1 is 1.28 bits per heavy atom. The van der Waals surface area contributed by atoms with E-state index in [1.54, 1.807) is 42.9 Å². The van der Waals surface area contributed by atoms with Crippen LogP contribution in [0.2, 0.25) is 0 Å². The largest absolute Gasteiger partial charge is 0.271 e. The van der Waals surface area contributed by atoms with Crippen LogP contribution in [0.15, 0.2) is 53.9 Å². The van der Waals surface area contributed by atoms with Gasteiger partial charge in [0.15, 0.2) is 0 Å². The van der Waals surface area contributed by atoms with Gasteiger partial charge in [0.05, 0.1) is 6.21 Å². The van der Waals surface area contributed by atoms with Gasteiger partial charge in [0.2, 0.25) is 0 Å². The Kier molecular flexibility index (Phi) is 4.40. The highest BCUT2D eigenvalue weighted by Gasteiger charge is 2.03. The van der Waals surface area contributed by atoms with Gasteiger partial charge in [0.1, 0.15) is 0 Å². The number of carbonyl (C=O) groups excluding carboxylic acids is 1. The molecule has 0 spiro atoms. The molecule has 2 aromatic rings. The minimum absolute atomic E-state index is 0.223. The van der Waals surface area contributed by atoms with E-state index in [1.807, 2.05) is 12.1 Å². The maximum atomic E-state index is 11.7. The van der Waals surface area contributed by atoms with Gasteiger partial charge in [0.25, 0.3) is 5.91 Å². The fraction of sp³-hybridized carbons (Fsp3) is 0. The number of aromatic nitrogens is 1. The molecule has 90 valence electrons.